The summed E-state index contributed by atoms with van der Waals surface area (Å²) in [6.45, 7) is 2.68. The van der Waals surface area contributed by atoms with Crippen LogP contribution < -0.4 is 5.32 Å². The van der Waals surface area contributed by atoms with Gasteiger partial charge in [-0.25, -0.2) is 13.8 Å². The molecule has 0 atom stereocenters. The minimum Gasteiger partial charge on any atom is -0.320 e. The first-order valence-corrected chi connectivity index (χ1v) is 7.69. The molecule has 0 unspecified atom stereocenters. The third kappa shape index (κ3) is 2.95. The van der Waals surface area contributed by atoms with Crippen LogP contribution in [0.15, 0.2) is 23.2 Å². The van der Waals surface area contributed by atoms with Gasteiger partial charge in [-0.05, 0) is 31.9 Å². The van der Waals surface area contributed by atoms with Crippen LogP contribution in [0.25, 0.3) is 11.3 Å². The van der Waals surface area contributed by atoms with Crippen LogP contribution in [0.5, 0.6) is 0 Å². The molecule has 1 aliphatic heterocycles. The molecule has 3 rings (SSSR count). The second-order valence-corrected chi connectivity index (χ2v) is 6.14. The van der Waals surface area contributed by atoms with Crippen LogP contribution in [0.4, 0.5) is 13.9 Å². The van der Waals surface area contributed by atoms with Crippen molar-refractivity contribution >= 4 is 22.3 Å². The summed E-state index contributed by atoms with van der Waals surface area (Å²) in [6, 6.07) is 4.14. The molecule has 1 aliphatic rings. The summed E-state index contributed by atoms with van der Waals surface area (Å²) in [5.74, 6) is -0.792. The molecule has 0 aliphatic carbocycles. The Morgan fingerprint density at radius 3 is 2.86 bits per heavy atom. The predicted octanol–water partition coefficient (Wildman–Crippen LogP) is 4.39. The molecule has 110 valence electrons. The summed E-state index contributed by atoms with van der Waals surface area (Å²) >= 11 is 1.43. The third-order valence-corrected chi connectivity index (χ3v) is 4.27. The number of rotatable bonds is 2. The molecule has 2 heterocycles. The summed E-state index contributed by atoms with van der Waals surface area (Å²) in [7, 11) is 0. The highest BCUT2D eigenvalue weighted by Gasteiger charge is 2.17. The van der Waals surface area contributed by atoms with Crippen LogP contribution in [-0.2, 0) is 0 Å². The lowest BCUT2D eigenvalue weighted by Gasteiger charge is -2.11. The fraction of sp³-hybridized carbons (Fsp3) is 0.333. The molecule has 3 nitrogen and oxygen atoms in total. The zero-order valence-corrected chi connectivity index (χ0v) is 12.4. The van der Waals surface area contributed by atoms with E-state index < -0.39 is 11.6 Å². The van der Waals surface area contributed by atoms with Gasteiger partial charge in [0.25, 0.3) is 0 Å². The molecule has 1 aromatic heterocycles. The number of benzene rings is 1. The van der Waals surface area contributed by atoms with Crippen molar-refractivity contribution in [2.24, 2.45) is 4.99 Å². The maximum absolute atomic E-state index is 13.9. The molecule has 6 heteroatoms. The van der Waals surface area contributed by atoms with Crippen LogP contribution in [0, 0.1) is 18.6 Å². The molecule has 0 spiro atoms. The number of aryl methyl sites for hydroxylation is 1. The van der Waals surface area contributed by atoms with Crippen molar-refractivity contribution in [2.45, 2.75) is 26.2 Å². The summed E-state index contributed by atoms with van der Waals surface area (Å²) in [5, 5.41) is 3.86. The number of nitrogens with one attached hydrogen (secondary N) is 1. The van der Waals surface area contributed by atoms with E-state index in [0.717, 1.165) is 42.6 Å². The quantitative estimate of drug-likeness (QED) is 0.893. The summed E-state index contributed by atoms with van der Waals surface area (Å²) in [5.41, 5.74) is 0.679. The average Bonchev–Trinajstić information content (AvgIpc) is 2.83. The van der Waals surface area contributed by atoms with E-state index in [2.05, 4.69) is 15.3 Å². The van der Waals surface area contributed by atoms with E-state index in [1.54, 1.807) is 6.07 Å². The molecular weight excluding hydrogens is 292 g/mol. The topological polar surface area (TPSA) is 37.3 Å². The zero-order chi connectivity index (χ0) is 14.8. The fourth-order valence-corrected chi connectivity index (χ4v) is 3.16. The Balaban J connectivity index is 1.91. The van der Waals surface area contributed by atoms with E-state index in [1.165, 1.54) is 17.4 Å². The van der Waals surface area contributed by atoms with Gasteiger partial charge in [-0.3, -0.25) is 4.99 Å². The number of aromatic nitrogens is 1. The van der Waals surface area contributed by atoms with E-state index in [4.69, 9.17) is 0 Å². The Hall–Kier alpha value is -1.82. The first-order valence-electron chi connectivity index (χ1n) is 6.87. The van der Waals surface area contributed by atoms with Crippen LogP contribution in [0.3, 0.4) is 0 Å². The molecule has 0 radical (unpaired) electrons. The van der Waals surface area contributed by atoms with Gasteiger partial charge in [-0.2, -0.15) is 0 Å². The van der Waals surface area contributed by atoms with Crippen molar-refractivity contribution in [1.82, 2.24) is 4.98 Å². The van der Waals surface area contributed by atoms with E-state index >= 15 is 0 Å². The zero-order valence-electron chi connectivity index (χ0n) is 11.6. The van der Waals surface area contributed by atoms with Crippen molar-refractivity contribution in [3.8, 4) is 11.3 Å². The number of halogens is 2. The Labute approximate surface area is 125 Å². The molecule has 1 N–H and O–H groups in total. The molecule has 0 saturated carbocycles. The first-order chi connectivity index (χ1) is 10.1. The van der Waals surface area contributed by atoms with Gasteiger partial charge in [0.2, 0.25) is 0 Å². The maximum Gasteiger partial charge on any atom is 0.188 e. The van der Waals surface area contributed by atoms with Crippen molar-refractivity contribution in [3.63, 3.8) is 0 Å². The predicted molar refractivity (Wildman–Crippen MR) is 82.0 cm³/mol. The smallest absolute Gasteiger partial charge is 0.188 e. The molecule has 2 aromatic rings. The minimum absolute atomic E-state index is 0.197. The number of nitrogens with zero attached hydrogens (tertiary/aromatic N) is 2. The number of thiazole rings is 1. The number of hydrogen-bond donors (Lipinski definition) is 1. The van der Waals surface area contributed by atoms with Gasteiger partial charge in [0, 0.05) is 23.4 Å². The molecule has 0 saturated heterocycles. The first kappa shape index (κ1) is 14.1. The number of anilines is 1. The summed E-state index contributed by atoms with van der Waals surface area (Å²) < 4.78 is 27.2. The lowest BCUT2D eigenvalue weighted by Crippen LogP contribution is -2.15. The van der Waals surface area contributed by atoms with Crippen molar-refractivity contribution in [3.05, 3.63) is 34.7 Å². The molecule has 21 heavy (non-hydrogen) atoms. The highest BCUT2D eigenvalue weighted by atomic mass is 32.1. The SMILES string of the molecule is Cc1sc(NC2=NCCCC2)nc1-c1cccc(F)c1F. The molecule has 1 aromatic carbocycles. The summed E-state index contributed by atoms with van der Waals surface area (Å²) in [4.78, 5) is 9.65. The van der Waals surface area contributed by atoms with Gasteiger partial charge in [0.15, 0.2) is 16.8 Å². The standard InChI is InChI=1S/C15H15F2N3S/c1-9-14(10-5-4-6-11(16)13(10)17)20-15(21-9)19-12-7-2-3-8-18-12/h4-6H,2-3,7-8H2,1H3,(H,18,19,20). The summed E-state index contributed by atoms with van der Waals surface area (Å²) in [6.07, 6.45) is 3.13. The minimum atomic E-state index is -0.855. The largest absolute Gasteiger partial charge is 0.320 e. The Morgan fingerprint density at radius 2 is 2.10 bits per heavy atom. The van der Waals surface area contributed by atoms with E-state index in [1.807, 2.05) is 6.92 Å². The number of aliphatic imine (C=N–C) groups is 1. The molecule has 0 bridgehead atoms. The van der Waals surface area contributed by atoms with Crippen LogP contribution in [-0.4, -0.2) is 17.4 Å². The van der Waals surface area contributed by atoms with Crippen LogP contribution >= 0.6 is 11.3 Å². The van der Waals surface area contributed by atoms with Gasteiger partial charge < -0.3 is 5.32 Å². The Bertz CT molecular complexity index is 694. The molecule has 0 fully saturated rings. The van der Waals surface area contributed by atoms with E-state index in [0.29, 0.717) is 10.8 Å². The monoisotopic (exact) mass is 307 g/mol. The van der Waals surface area contributed by atoms with E-state index in [9.17, 15) is 8.78 Å². The van der Waals surface area contributed by atoms with Crippen molar-refractivity contribution in [2.75, 3.05) is 11.9 Å². The Morgan fingerprint density at radius 1 is 1.24 bits per heavy atom. The maximum atomic E-state index is 13.9. The molecule has 0 amide bonds. The normalized spacial score (nSPS) is 14.9. The van der Waals surface area contributed by atoms with Gasteiger partial charge in [0.05, 0.1) is 5.69 Å². The van der Waals surface area contributed by atoms with Crippen LogP contribution in [0.2, 0.25) is 0 Å². The number of hydrogen-bond acceptors (Lipinski definition) is 4. The number of amidine groups is 1. The third-order valence-electron chi connectivity index (χ3n) is 3.38. The van der Waals surface area contributed by atoms with Crippen molar-refractivity contribution < 1.29 is 8.78 Å². The van der Waals surface area contributed by atoms with Gasteiger partial charge in [0.1, 0.15) is 5.84 Å². The average molecular weight is 307 g/mol. The molecular formula is C15H15F2N3S. The van der Waals surface area contributed by atoms with Gasteiger partial charge in [-0.15, -0.1) is 11.3 Å². The highest BCUT2D eigenvalue weighted by Crippen LogP contribution is 2.32. The Kier molecular flexibility index (Phi) is 3.96. The van der Waals surface area contributed by atoms with Gasteiger partial charge in [-0.1, -0.05) is 6.07 Å². The lowest BCUT2D eigenvalue weighted by molar-refractivity contribution is 0.511. The second kappa shape index (κ2) is 5.89. The van der Waals surface area contributed by atoms with Gasteiger partial charge >= 0.3 is 0 Å². The lowest BCUT2D eigenvalue weighted by atomic mass is 10.1. The second-order valence-electron chi connectivity index (χ2n) is 4.94. The van der Waals surface area contributed by atoms with E-state index in [-0.39, 0.29) is 5.56 Å². The van der Waals surface area contributed by atoms with Crippen LogP contribution in [0.1, 0.15) is 24.1 Å². The fourth-order valence-electron chi connectivity index (χ4n) is 2.31. The highest BCUT2D eigenvalue weighted by molar-refractivity contribution is 7.16. The van der Waals surface area contributed by atoms with Crippen molar-refractivity contribution in [1.29, 1.82) is 0 Å².